The molecule has 0 amide bonds. The number of quaternary nitrogens is 1. The average molecular weight is 471 g/mol. The van der Waals surface area contributed by atoms with E-state index in [1.165, 1.54) is 41.3 Å². The summed E-state index contributed by atoms with van der Waals surface area (Å²) in [6.45, 7) is 1.52. The third kappa shape index (κ3) is 3.94. The Morgan fingerprint density at radius 1 is 1.00 bits per heavy atom. The number of fused-ring (bicyclic) bond motifs is 4. The molecule has 1 unspecified atom stereocenters. The lowest BCUT2D eigenvalue weighted by Gasteiger charge is -2.39. The highest BCUT2D eigenvalue weighted by molar-refractivity contribution is 7.87. The molecule has 0 saturated carbocycles. The van der Waals surface area contributed by atoms with Gasteiger partial charge in [-0.2, -0.15) is 8.42 Å². The first-order valence-corrected chi connectivity index (χ1v) is 12.2. The van der Waals surface area contributed by atoms with Crippen LogP contribution in [0.4, 0.5) is 4.39 Å². The van der Waals surface area contributed by atoms with Crippen molar-refractivity contribution in [3.63, 3.8) is 0 Å². The van der Waals surface area contributed by atoms with E-state index in [0.717, 1.165) is 42.3 Å². The van der Waals surface area contributed by atoms with Crippen LogP contribution >= 0.6 is 0 Å². The number of halogens is 1. The van der Waals surface area contributed by atoms with Crippen molar-refractivity contribution in [2.45, 2.75) is 30.3 Å². The van der Waals surface area contributed by atoms with Crippen LogP contribution in [0, 0.1) is 5.82 Å². The van der Waals surface area contributed by atoms with Gasteiger partial charge in [0.15, 0.2) is 11.5 Å². The van der Waals surface area contributed by atoms with Crippen molar-refractivity contribution in [2.24, 2.45) is 0 Å². The van der Waals surface area contributed by atoms with Crippen molar-refractivity contribution in [3.05, 3.63) is 82.7 Å². The molecule has 0 bridgehead atoms. The molecule has 3 aromatic rings. The van der Waals surface area contributed by atoms with Crippen LogP contribution in [-0.2, 0) is 29.5 Å². The molecule has 2 aliphatic rings. The summed E-state index contributed by atoms with van der Waals surface area (Å²) in [5, 5.41) is 0. The third-order valence-electron chi connectivity index (χ3n) is 6.58. The monoisotopic (exact) mass is 470 g/mol. The van der Waals surface area contributed by atoms with Gasteiger partial charge in [-0.1, -0.05) is 12.1 Å². The zero-order valence-electron chi connectivity index (χ0n) is 18.4. The Balaban J connectivity index is 1.53. The largest absolute Gasteiger partial charge is 0.497 e. The maximum atomic E-state index is 13.7. The Morgan fingerprint density at radius 3 is 2.61 bits per heavy atom. The fourth-order valence-electron chi connectivity index (χ4n) is 4.93. The molecule has 0 saturated heterocycles. The maximum absolute atomic E-state index is 13.7. The van der Waals surface area contributed by atoms with Gasteiger partial charge in [0.2, 0.25) is 0 Å². The van der Waals surface area contributed by atoms with E-state index >= 15 is 0 Å². The fourth-order valence-corrected chi connectivity index (χ4v) is 5.93. The van der Waals surface area contributed by atoms with Crippen molar-refractivity contribution in [2.75, 3.05) is 20.8 Å². The van der Waals surface area contributed by atoms with E-state index < -0.39 is 15.9 Å². The average Bonchev–Trinajstić information content (AvgIpc) is 2.82. The van der Waals surface area contributed by atoms with Gasteiger partial charge < -0.3 is 18.6 Å². The first-order valence-electron chi connectivity index (χ1n) is 10.8. The molecule has 5 rings (SSSR count). The second-order valence-corrected chi connectivity index (χ2v) is 9.93. The number of hydrogen-bond donors (Lipinski definition) is 1. The normalized spacial score (nSPS) is 19.1. The Bertz CT molecular complexity index is 1320. The molecule has 0 fully saturated rings. The van der Waals surface area contributed by atoms with E-state index in [4.69, 9.17) is 13.7 Å². The Kier molecular flexibility index (Phi) is 5.50. The topological polar surface area (TPSA) is 66.3 Å². The first kappa shape index (κ1) is 21.7. The molecule has 2 aliphatic heterocycles. The highest BCUT2D eigenvalue weighted by atomic mass is 32.2. The first-order chi connectivity index (χ1) is 15.9. The van der Waals surface area contributed by atoms with E-state index in [-0.39, 0.29) is 16.7 Å². The quantitative estimate of drug-likeness (QED) is 0.581. The molecule has 33 heavy (non-hydrogen) atoms. The molecular weight excluding hydrogens is 445 g/mol. The molecular formula is C25H25FNO5S+. The van der Waals surface area contributed by atoms with Crippen molar-refractivity contribution in [3.8, 4) is 17.2 Å². The van der Waals surface area contributed by atoms with Crippen LogP contribution in [0.5, 0.6) is 17.2 Å². The van der Waals surface area contributed by atoms with E-state index in [1.54, 1.807) is 13.2 Å². The maximum Gasteiger partial charge on any atom is 0.339 e. The minimum absolute atomic E-state index is 0.186. The number of methoxy groups -OCH3 is 2. The summed E-state index contributed by atoms with van der Waals surface area (Å²) in [6, 6.07) is 15.0. The smallest absolute Gasteiger partial charge is 0.339 e. The summed E-state index contributed by atoms with van der Waals surface area (Å²) in [7, 11) is -1.08. The van der Waals surface area contributed by atoms with Gasteiger partial charge in [-0.3, -0.25) is 0 Å². The highest BCUT2D eigenvalue weighted by Crippen LogP contribution is 2.39. The van der Waals surface area contributed by atoms with Crippen molar-refractivity contribution < 1.29 is 31.4 Å². The standard InChI is InChI=1S/C25H24FNO5S/c1-30-19-7-8-21-17(12-19)10-11-27-15-22-16(13-23(21)27)6-9-24(31-2)25(22)32-33(28,29)20-5-3-4-18(26)14-20/h3-9,12,14,23H,10-11,13,15H2,1-2H3/p+1/t23-/m1/s1. The second kappa shape index (κ2) is 8.35. The molecule has 0 aromatic heterocycles. The Hall–Kier alpha value is -3.10. The summed E-state index contributed by atoms with van der Waals surface area (Å²) >= 11 is 0. The number of hydrogen-bond acceptors (Lipinski definition) is 5. The van der Waals surface area contributed by atoms with Gasteiger partial charge in [-0.05, 0) is 53.6 Å². The SMILES string of the molecule is COc1ccc2c(c1)CC[NH+]1Cc3c(ccc(OC)c3OS(=O)(=O)c3cccc(F)c3)C[C@H]21. The van der Waals surface area contributed by atoms with E-state index in [0.29, 0.717) is 12.3 Å². The van der Waals surface area contributed by atoms with Gasteiger partial charge >= 0.3 is 10.1 Å². The van der Waals surface area contributed by atoms with Crippen molar-refractivity contribution in [1.82, 2.24) is 0 Å². The van der Waals surface area contributed by atoms with Crippen LogP contribution in [0.25, 0.3) is 0 Å². The molecule has 8 heteroatoms. The minimum atomic E-state index is -4.23. The summed E-state index contributed by atoms with van der Waals surface area (Å²) in [5.41, 5.74) is 4.44. The summed E-state index contributed by atoms with van der Waals surface area (Å²) < 4.78 is 56.0. The van der Waals surface area contributed by atoms with E-state index in [9.17, 15) is 12.8 Å². The predicted molar refractivity (Wildman–Crippen MR) is 120 cm³/mol. The summed E-state index contributed by atoms with van der Waals surface area (Å²) in [4.78, 5) is 1.12. The van der Waals surface area contributed by atoms with Crippen LogP contribution in [-0.4, -0.2) is 29.2 Å². The second-order valence-electron chi connectivity index (χ2n) is 8.39. The summed E-state index contributed by atoms with van der Waals surface area (Å²) in [6.07, 6.45) is 1.67. The lowest BCUT2D eigenvalue weighted by atomic mass is 9.83. The van der Waals surface area contributed by atoms with Crippen LogP contribution in [0.2, 0.25) is 0 Å². The zero-order chi connectivity index (χ0) is 23.2. The lowest BCUT2D eigenvalue weighted by Crippen LogP contribution is -3.13. The minimum Gasteiger partial charge on any atom is -0.497 e. The van der Waals surface area contributed by atoms with E-state index in [1.807, 2.05) is 12.1 Å². The van der Waals surface area contributed by atoms with E-state index in [2.05, 4.69) is 12.1 Å². The molecule has 2 atom stereocenters. The molecule has 6 nitrogen and oxygen atoms in total. The molecule has 0 radical (unpaired) electrons. The summed E-state index contributed by atoms with van der Waals surface area (Å²) in [5.74, 6) is 0.744. The predicted octanol–water partition coefficient (Wildman–Crippen LogP) is 2.85. The molecule has 2 heterocycles. The molecule has 0 aliphatic carbocycles. The van der Waals surface area contributed by atoms with Gasteiger partial charge in [0.1, 0.15) is 29.0 Å². The van der Waals surface area contributed by atoms with Crippen LogP contribution in [0.3, 0.4) is 0 Å². The number of nitrogens with one attached hydrogen (secondary N) is 1. The van der Waals surface area contributed by atoms with Gasteiger partial charge in [-0.25, -0.2) is 4.39 Å². The van der Waals surface area contributed by atoms with Crippen molar-refractivity contribution in [1.29, 1.82) is 0 Å². The molecule has 172 valence electrons. The molecule has 0 spiro atoms. The Labute approximate surface area is 192 Å². The number of ether oxygens (including phenoxy) is 2. The Morgan fingerprint density at radius 2 is 1.85 bits per heavy atom. The molecule has 3 aromatic carbocycles. The van der Waals surface area contributed by atoms with Crippen LogP contribution in [0.1, 0.15) is 28.3 Å². The lowest BCUT2D eigenvalue weighted by molar-refractivity contribution is -0.949. The highest BCUT2D eigenvalue weighted by Gasteiger charge is 2.38. The van der Waals surface area contributed by atoms with Crippen LogP contribution in [0.15, 0.2) is 59.5 Å². The zero-order valence-corrected chi connectivity index (χ0v) is 19.2. The van der Waals surface area contributed by atoms with Gasteiger partial charge in [0.05, 0.1) is 26.3 Å². The third-order valence-corrected chi connectivity index (χ3v) is 7.80. The number of rotatable bonds is 5. The van der Waals surface area contributed by atoms with Gasteiger partial charge in [0, 0.05) is 18.4 Å². The fraction of sp³-hybridized carbons (Fsp3) is 0.280. The van der Waals surface area contributed by atoms with Gasteiger partial charge in [-0.15, -0.1) is 0 Å². The number of benzene rings is 3. The van der Waals surface area contributed by atoms with Gasteiger partial charge in [0.25, 0.3) is 0 Å². The van der Waals surface area contributed by atoms with Crippen LogP contribution < -0.4 is 18.6 Å². The van der Waals surface area contributed by atoms with Crippen molar-refractivity contribution >= 4 is 10.1 Å². The molecule has 1 N–H and O–H groups in total.